The van der Waals surface area contributed by atoms with Gasteiger partial charge in [-0.15, -0.1) is 0 Å². The highest BCUT2D eigenvalue weighted by molar-refractivity contribution is 6.10. The quantitative estimate of drug-likeness (QED) is 0.100. The highest BCUT2D eigenvalue weighted by atomic mass is 15.0. The molecule has 0 bridgehead atoms. The maximum Gasteiger partial charge on any atom is 0.0541 e. The Bertz CT molecular complexity index is 2470. The smallest absolute Gasteiger partial charge is 0.0541 e. The number of unbranched alkanes of at least 4 members (excludes halogenated alkanes) is 4. The summed E-state index contributed by atoms with van der Waals surface area (Å²) in [5.74, 6) is 1.45. The third kappa shape index (κ3) is 7.17. The van der Waals surface area contributed by atoms with Crippen LogP contribution >= 0.6 is 0 Å². The Hall–Kier alpha value is -5.08. The minimum atomic E-state index is 0.690. The van der Waals surface area contributed by atoms with Gasteiger partial charge in [-0.25, -0.2) is 0 Å². The number of hydrogen-bond acceptors (Lipinski definition) is 0. The van der Waals surface area contributed by atoms with E-state index in [1.165, 1.54) is 122 Å². The van der Waals surface area contributed by atoms with Crippen molar-refractivity contribution >= 4 is 43.6 Å². The molecule has 1 atom stereocenters. The molecule has 0 fully saturated rings. The average Bonchev–Trinajstić information content (AvgIpc) is 3.69. The van der Waals surface area contributed by atoms with Gasteiger partial charge in [0.2, 0.25) is 0 Å². The van der Waals surface area contributed by atoms with Crippen molar-refractivity contribution in [1.29, 1.82) is 0 Å². The van der Waals surface area contributed by atoms with E-state index in [4.69, 9.17) is 0 Å². The van der Waals surface area contributed by atoms with Gasteiger partial charge in [0.25, 0.3) is 0 Å². The summed E-state index contributed by atoms with van der Waals surface area (Å²) in [6.07, 6.45) is 11.4. The molecule has 1 unspecified atom stereocenters. The predicted molar refractivity (Wildman–Crippen MR) is 230 cm³/mol. The van der Waals surface area contributed by atoms with Crippen molar-refractivity contribution in [2.24, 2.45) is 11.8 Å². The Morgan fingerprint density at radius 3 is 1.49 bits per heavy atom. The minimum absolute atomic E-state index is 0.690. The Labute approximate surface area is 316 Å². The van der Waals surface area contributed by atoms with Crippen LogP contribution in [0.5, 0.6) is 0 Å². The maximum atomic E-state index is 2.45. The lowest BCUT2D eigenvalue weighted by molar-refractivity contribution is 0.448. The van der Waals surface area contributed by atoms with Crippen molar-refractivity contribution in [3.05, 3.63) is 145 Å². The van der Waals surface area contributed by atoms with Crippen molar-refractivity contribution in [2.45, 2.75) is 85.5 Å². The number of rotatable bonds is 14. The van der Waals surface area contributed by atoms with Gasteiger partial charge in [-0.1, -0.05) is 139 Å². The van der Waals surface area contributed by atoms with Gasteiger partial charge in [0.15, 0.2) is 0 Å². The second-order valence-corrected chi connectivity index (χ2v) is 15.9. The lowest BCUT2D eigenvalue weighted by atomic mass is 9.93. The van der Waals surface area contributed by atoms with Gasteiger partial charge in [0.05, 0.1) is 22.1 Å². The van der Waals surface area contributed by atoms with E-state index in [0.29, 0.717) is 5.92 Å². The lowest BCUT2D eigenvalue weighted by Crippen LogP contribution is -2.02. The molecule has 0 saturated carbocycles. The number of nitrogens with zero attached hydrogens (tertiary/aromatic N) is 2. The maximum absolute atomic E-state index is 2.45. The van der Waals surface area contributed by atoms with Crippen LogP contribution in [0, 0.1) is 11.8 Å². The zero-order chi connectivity index (χ0) is 36.3. The summed E-state index contributed by atoms with van der Waals surface area (Å²) in [6, 6.07) is 50.3. The second-order valence-electron chi connectivity index (χ2n) is 15.9. The van der Waals surface area contributed by atoms with Gasteiger partial charge in [-0.05, 0) is 114 Å². The Balaban J connectivity index is 1.06. The van der Waals surface area contributed by atoms with E-state index in [-0.39, 0.29) is 0 Å². The van der Waals surface area contributed by atoms with Crippen molar-refractivity contribution in [3.8, 4) is 22.5 Å². The number of aryl methyl sites for hydroxylation is 1. The van der Waals surface area contributed by atoms with E-state index < -0.39 is 0 Å². The number of fused-ring (bicyclic) bond motifs is 6. The first-order valence-electron chi connectivity index (χ1n) is 20.2. The lowest BCUT2D eigenvalue weighted by Gasteiger charge is -2.13. The minimum Gasteiger partial charge on any atom is -0.309 e. The number of para-hydroxylation sites is 2. The normalized spacial score (nSPS) is 12.5. The molecule has 0 amide bonds. The molecule has 0 radical (unpaired) electrons. The molecule has 0 saturated heterocycles. The highest BCUT2D eigenvalue weighted by Crippen LogP contribution is 2.36. The van der Waals surface area contributed by atoms with Gasteiger partial charge < -0.3 is 9.13 Å². The summed E-state index contributed by atoms with van der Waals surface area (Å²) in [5, 5.41) is 5.34. The Morgan fingerprint density at radius 2 is 0.943 bits per heavy atom. The summed E-state index contributed by atoms with van der Waals surface area (Å²) in [4.78, 5) is 0. The fourth-order valence-electron chi connectivity index (χ4n) is 8.54. The molecule has 6 aromatic carbocycles. The molecule has 53 heavy (non-hydrogen) atoms. The van der Waals surface area contributed by atoms with Crippen LogP contribution in [0.3, 0.4) is 0 Å². The van der Waals surface area contributed by atoms with E-state index in [0.717, 1.165) is 18.8 Å². The van der Waals surface area contributed by atoms with Crippen LogP contribution in [0.1, 0.15) is 83.8 Å². The summed E-state index contributed by atoms with van der Waals surface area (Å²) in [7, 11) is 0. The fourth-order valence-corrected chi connectivity index (χ4v) is 8.54. The van der Waals surface area contributed by atoms with Gasteiger partial charge in [-0.3, -0.25) is 0 Å². The third-order valence-corrected chi connectivity index (χ3v) is 11.4. The van der Waals surface area contributed by atoms with Crippen molar-refractivity contribution in [3.63, 3.8) is 0 Å². The van der Waals surface area contributed by atoms with Gasteiger partial charge in [0, 0.05) is 32.9 Å². The second kappa shape index (κ2) is 15.5. The topological polar surface area (TPSA) is 9.86 Å². The van der Waals surface area contributed by atoms with Crippen LogP contribution in [-0.4, -0.2) is 9.13 Å². The van der Waals surface area contributed by atoms with Crippen LogP contribution < -0.4 is 0 Å². The SMILES string of the molecule is CCCCCCCc1ccc2c(c1)c1ccccc1n2-c1ccc(-c2ccc(-n3c4ccccc4c4cc(CC(C)CCC(C)C)ccc43)cc2)cc1. The van der Waals surface area contributed by atoms with E-state index >= 15 is 0 Å². The molecule has 0 aliphatic rings. The van der Waals surface area contributed by atoms with Gasteiger partial charge in [-0.2, -0.15) is 0 Å². The first-order valence-corrected chi connectivity index (χ1v) is 20.2. The molecule has 2 aromatic heterocycles. The molecule has 2 nitrogen and oxygen atoms in total. The first kappa shape index (κ1) is 35.0. The zero-order valence-corrected chi connectivity index (χ0v) is 32.1. The van der Waals surface area contributed by atoms with Crippen LogP contribution in [0.2, 0.25) is 0 Å². The molecule has 8 rings (SSSR count). The summed E-state index contributed by atoms with van der Waals surface area (Å²) < 4.78 is 4.87. The Kier molecular flexibility index (Phi) is 10.2. The molecular formula is C51H54N2. The molecule has 268 valence electrons. The van der Waals surface area contributed by atoms with E-state index in [9.17, 15) is 0 Å². The van der Waals surface area contributed by atoms with Crippen LogP contribution in [0.15, 0.2) is 133 Å². The van der Waals surface area contributed by atoms with Gasteiger partial charge >= 0.3 is 0 Å². The first-order chi connectivity index (χ1) is 26.0. The molecule has 2 heterocycles. The summed E-state index contributed by atoms with van der Waals surface area (Å²) >= 11 is 0. The van der Waals surface area contributed by atoms with Crippen LogP contribution in [0.4, 0.5) is 0 Å². The van der Waals surface area contributed by atoms with Crippen molar-refractivity contribution in [2.75, 3.05) is 0 Å². The van der Waals surface area contributed by atoms with Crippen molar-refractivity contribution < 1.29 is 0 Å². The number of aromatic nitrogens is 2. The molecular weight excluding hydrogens is 641 g/mol. The standard InChI is InChI=1S/C51H54N2/c1-5-6-7-8-9-14-38-21-31-50-46(34-38)44-15-10-12-17-48(44)52(50)42-27-23-40(24-28-42)41-25-29-43(30-26-41)53-49-18-13-11-16-45(49)47-35-39(22-32-51(47)53)33-37(4)20-19-36(2)3/h10-13,15-18,21-32,34-37H,5-9,14,19-20,33H2,1-4H3. The summed E-state index contributed by atoms with van der Waals surface area (Å²) in [5.41, 5.74) is 12.8. The fraction of sp³-hybridized carbons (Fsp3) is 0.294. The molecule has 0 aliphatic carbocycles. The molecule has 0 N–H and O–H groups in total. The van der Waals surface area contributed by atoms with E-state index in [1.54, 1.807) is 0 Å². The van der Waals surface area contributed by atoms with Crippen molar-refractivity contribution in [1.82, 2.24) is 9.13 Å². The molecule has 2 heteroatoms. The highest BCUT2D eigenvalue weighted by Gasteiger charge is 2.16. The van der Waals surface area contributed by atoms with E-state index in [2.05, 4.69) is 170 Å². The molecule has 0 spiro atoms. The van der Waals surface area contributed by atoms with Crippen LogP contribution in [0.25, 0.3) is 66.1 Å². The summed E-state index contributed by atoms with van der Waals surface area (Å²) in [6.45, 7) is 9.34. The van der Waals surface area contributed by atoms with E-state index in [1.807, 2.05) is 0 Å². The Morgan fingerprint density at radius 1 is 0.453 bits per heavy atom. The number of benzene rings is 6. The van der Waals surface area contributed by atoms with Gasteiger partial charge in [0.1, 0.15) is 0 Å². The van der Waals surface area contributed by atoms with Crippen LogP contribution in [-0.2, 0) is 12.8 Å². The average molecular weight is 695 g/mol. The largest absolute Gasteiger partial charge is 0.309 e. The predicted octanol–water partition coefficient (Wildman–Crippen LogP) is 14.7. The monoisotopic (exact) mass is 694 g/mol. The molecule has 0 aliphatic heterocycles. The zero-order valence-electron chi connectivity index (χ0n) is 32.1. The number of hydrogen-bond donors (Lipinski definition) is 0. The third-order valence-electron chi connectivity index (χ3n) is 11.4. The molecule has 8 aromatic rings.